The average Bonchev–Trinajstić information content (AvgIpc) is 2.60. The molecule has 0 radical (unpaired) electrons. The third-order valence-corrected chi connectivity index (χ3v) is 4.45. The quantitative estimate of drug-likeness (QED) is 0.573. The first-order valence-electron chi connectivity index (χ1n) is 9.90. The van der Waals surface area contributed by atoms with Gasteiger partial charge in [-0.3, -0.25) is 4.99 Å². The summed E-state index contributed by atoms with van der Waals surface area (Å²) in [5, 5.41) is 6.62. The van der Waals surface area contributed by atoms with Gasteiger partial charge < -0.3 is 25.2 Å². The lowest BCUT2D eigenvalue weighted by atomic mass is 10.1. The van der Waals surface area contributed by atoms with E-state index in [9.17, 15) is 4.79 Å². The molecule has 0 aromatic carbocycles. The number of carbonyl (C=O) groups excluding carboxylic acids is 1. The van der Waals surface area contributed by atoms with Gasteiger partial charge in [-0.15, -0.1) is 0 Å². The molecular formula is C20H34N6O2. The van der Waals surface area contributed by atoms with Gasteiger partial charge in [0.2, 0.25) is 0 Å². The third kappa shape index (κ3) is 6.28. The van der Waals surface area contributed by atoms with Crippen LogP contribution in [0.1, 0.15) is 40.2 Å². The second kappa shape index (κ2) is 9.61. The molecule has 2 N–H and O–H groups in total. The number of nitrogens with one attached hydrogen (secondary N) is 2. The van der Waals surface area contributed by atoms with Crippen molar-refractivity contribution in [1.29, 1.82) is 0 Å². The summed E-state index contributed by atoms with van der Waals surface area (Å²) in [5.41, 5.74) is 0.616. The largest absolute Gasteiger partial charge is 0.444 e. The highest BCUT2D eigenvalue weighted by molar-refractivity contribution is 5.80. The van der Waals surface area contributed by atoms with Crippen molar-refractivity contribution in [1.82, 2.24) is 20.5 Å². The number of nitrogens with zero attached hydrogens (tertiary/aromatic N) is 4. The lowest BCUT2D eigenvalue weighted by molar-refractivity contribution is 0.00701. The van der Waals surface area contributed by atoms with Gasteiger partial charge in [0.1, 0.15) is 11.4 Å². The van der Waals surface area contributed by atoms with Gasteiger partial charge in [0.05, 0.1) is 6.04 Å². The van der Waals surface area contributed by atoms with Gasteiger partial charge in [-0.1, -0.05) is 6.07 Å². The Balaban J connectivity index is 1.76. The van der Waals surface area contributed by atoms with E-state index in [1.165, 1.54) is 0 Å². The van der Waals surface area contributed by atoms with E-state index < -0.39 is 5.60 Å². The van der Waals surface area contributed by atoms with E-state index in [1.807, 2.05) is 33.0 Å². The third-order valence-electron chi connectivity index (χ3n) is 4.45. The number of hydrogen-bond acceptors (Lipinski definition) is 5. The Kier molecular flexibility index (Phi) is 7.48. The van der Waals surface area contributed by atoms with Crippen molar-refractivity contribution >= 4 is 17.9 Å². The maximum Gasteiger partial charge on any atom is 0.410 e. The van der Waals surface area contributed by atoms with Crippen molar-refractivity contribution in [3.05, 3.63) is 23.9 Å². The summed E-state index contributed by atoms with van der Waals surface area (Å²) >= 11 is 0. The summed E-state index contributed by atoms with van der Waals surface area (Å²) in [6.07, 6.45) is 1.62. The highest BCUT2D eigenvalue weighted by Crippen LogP contribution is 2.15. The van der Waals surface area contributed by atoms with E-state index in [-0.39, 0.29) is 12.1 Å². The molecule has 1 amide bonds. The van der Waals surface area contributed by atoms with E-state index in [2.05, 4.69) is 45.4 Å². The molecule has 0 atom stereocenters. The molecule has 0 saturated carbocycles. The highest BCUT2D eigenvalue weighted by atomic mass is 16.6. The van der Waals surface area contributed by atoms with Crippen LogP contribution in [0.2, 0.25) is 0 Å². The van der Waals surface area contributed by atoms with Crippen molar-refractivity contribution in [2.75, 3.05) is 38.1 Å². The molecule has 1 aromatic heterocycles. The van der Waals surface area contributed by atoms with Crippen LogP contribution in [0.15, 0.2) is 23.3 Å². The number of aromatic nitrogens is 1. The molecule has 28 heavy (non-hydrogen) atoms. The maximum absolute atomic E-state index is 12.0. The van der Waals surface area contributed by atoms with Crippen molar-refractivity contribution in [2.24, 2.45) is 4.99 Å². The molecule has 8 heteroatoms. The zero-order valence-electron chi connectivity index (χ0n) is 18.0. The molecule has 1 fully saturated rings. The lowest BCUT2D eigenvalue weighted by Gasteiger charge is -2.40. The van der Waals surface area contributed by atoms with E-state index in [1.54, 1.807) is 11.9 Å². The van der Waals surface area contributed by atoms with Crippen molar-refractivity contribution < 1.29 is 9.53 Å². The Labute approximate surface area is 168 Å². The molecular weight excluding hydrogens is 356 g/mol. The minimum atomic E-state index is -0.470. The van der Waals surface area contributed by atoms with Crippen molar-refractivity contribution in [3.8, 4) is 0 Å². The molecule has 0 unspecified atom stereocenters. The first kappa shape index (κ1) is 21.8. The molecule has 156 valence electrons. The van der Waals surface area contributed by atoms with Gasteiger partial charge in [0, 0.05) is 46.0 Å². The van der Waals surface area contributed by atoms with Crippen LogP contribution < -0.4 is 15.5 Å². The molecule has 2 heterocycles. The lowest BCUT2D eigenvalue weighted by Crippen LogP contribution is -2.63. The minimum Gasteiger partial charge on any atom is -0.444 e. The number of likely N-dealkylation sites (tertiary alicyclic amines) is 1. The van der Waals surface area contributed by atoms with Gasteiger partial charge >= 0.3 is 6.09 Å². The van der Waals surface area contributed by atoms with Gasteiger partial charge in [-0.05, 0) is 46.2 Å². The van der Waals surface area contributed by atoms with Crippen LogP contribution in [0.3, 0.4) is 0 Å². The number of rotatable bonds is 6. The van der Waals surface area contributed by atoms with Crippen LogP contribution in [0, 0.1) is 0 Å². The fourth-order valence-electron chi connectivity index (χ4n) is 2.88. The second-order valence-electron chi connectivity index (χ2n) is 7.85. The number of amides is 1. The van der Waals surface area contributed by atoms with Gasteiger partial charge in [-0.25, -0.2) is 9.78 Å². The fraction of sp³-hybridized carbons (Fsp3) is 0.650. The summed E-state index contributed by atoms with van der Waals surface area (Å²) in [4.78, 5) is 24.7. The van der Waals surface area contributed by atoms with Gasteiger partial charge in [-0.2, -0.15) is 0 Å². The Morgan fingerprint density at radius 3 is 2.50 bits per heavy atom. The number of pyridine rings is 1. The van der Waals surface area contributed by atoms with Crippen molar-refractivity contribution in [3.63, 3.8) is 0 Å². The van der Waals surface area contributed by atoms with E-state index in [0.29, 0.717) is 25.6 Å². The number of hydrogen-bond donors (Lipinski definition) is 2. The molecule has 8 nitrogen and oxygen atoms in total. The Hall–Kier alpha value is -2.51. The molecule has 0 aliphatic carbocycles. The number of guanidine groups is 1. The predicted molar refractivity (Wildman–Crippen MR) is 113 cm³/mol. The van der Waals surface area contributed by atoms with Gasteiger partial charge in [0.25, 0.3) is 0 Å². The number of carbonyl (C=O) groups is 1. The summed E-state index contributed by atoms with van der Waals surface area (Å²) in [6, 6.07) is 4.29. The SMILES string of the molecule is CCN(CC)c1ccc(CNC(=NC)NC2CN(C(=O)OC(C)(C)C)C2)cn1. The zero-order chi connectivity index (χ0) is 20.7. The zero-order valence-corrected chi connectivity index (χ0v) is 18.0. The van der Waals surface area contributed by atoms with E-state index in [0.717, 1.165) is 24.5 Å². The van der Waals surface area contributed by atoms with Gasteiger partial charge in [0.15, 0.2) is 5.96 Å². The summed E-state index contributed by atoms with van der Waals surface area (Å²) in [6.45, 7) is 13.6. The summed E-state index contributed by atoms with van der Waals surface area (Å²) in [7, 11) is 1.74. The molecule has 1 aliphatic rings. The maximum atomic E-state index is 12.0. The molecule has 1 aliphatic heterocycles. The molecule has 0 bridgehead atoms. The van der Waals surface area contributed by atoms with Crippen LogP contribution in [0.5, 0.6) is 0 Å². The minimum absolute atomic E-state index is 0.168. The Morgan fingerprint density at radius 1 is 1.32 bits per heavy atom. The van der Waals surface area contributed by atoms with Crippen LogP contribution >= 0.6 is 0 Å². The van der Waals surface area contributed by atoms with Crippen LogP contribution in [0.4, 0.5) is 10.6 Å². The Morgan fingerprint density at radius 2 is 2.00 bits per heavy atom. The summed E-state index contributed by atoms with van der Waals surface area (Å²) < 4.78 is 5.37. The van der Waals surface area contributed by atoms with Crippen LogP contribution in [0.25, 0.3) is 0 Å². The van der Waals surface area contributed by atoms with Crippen LogP contribution in [-0.4, -0.2) is 66.8 Å². The van der Waals surface area contributed by atoms with E-state index >= 15 is 0 Å². The molecule has 1 aromatic rings. The van der Waals surface area contributed by atoms with E-state index in [4.69, 9.17) is 4.74 Å². The Bertz CT molecular complexity index is 658. The first-order chi connectivity index (χ1) is 13.3. The summed E-state index contributed by atoms with van der Waals surface area (Å²) in [5.74, 6) is 1.70. The smallest absolute Gasteiger partial charge is 0.410 e. The van der Waals surface area contributed by atoms with Crippen LogP contribution in [-0.2, 0) is 11.3 Å². The molecule has 1 saturated heterocycles. The number of anilines is 1. The highest BCUT2D eigenvalue weighted by Gasteiger charge is 2.34. The molecule has 0 spiro atoms. The predicted octanol–water partition coefficient (Wildman–Crippen LogP) is 2.21. The topological polar surface area (TPSA) is 82.1 Å². The first-order valence-corrected chi connectivity index (χ1v) is 9.90. The normalized spacial score (nSPS) is 15.1. The number of aliphatic imine (C=N–C) groups is 1. The van der Waals surface area contributed by atoms with Crippen molar-refractivity contribution in [2.45, 2.75) is 52.8 Å². The average molecular weight is 391 g/mol. The number of ether oxygens (including phenoxy) is 1. The standard InChI is InChI=1S/C20H34N6O2/c1-7-25(8-2)17-10-9-15(11-22-17)12-23-18(21-6)24-16-13-26(14-16)19(27)28-20(3,4)5/h9-11,16H,7-8,12-14H2,1-6H3,(H2,21,23,24). The second-order valence-corrected chi connectivity index (χ2v) is 7.85. The molecule has 2 rings (SSSR count). The monoisotopic (exact) mass is 390 g/mol. The fourth-order valence-corrected chi connectivity index (χ4v) is 2.88.